The zero-order valence-corrected chi connectivity index (χ0v) is 16.3. The van der Waals surface area contributed by atoms with Crippen LogP contribution in [0.15, 0.2) is 16.9 Å². The third-order valence-corrected chi connectivity index (χ3v) is 9.74. The molecule has 1 heterocycles. The van der Waals surface area contributed by atoms with Crippen LogP contribution in [0.2, 0.25) is 0 Å². The summed E-state index contributed by atoms with van der Waals surface area (Å²) in [6.45, 7) is 7.77. The summed E-state index contributed by atoms with van der Waals surface area (Å²) in [5.41, 5.74) is 2.33. The third-order valence-electron chi connectivity index (χ3n) is 9.74. The van der Waals surface area contributed by atoms with E-state index in [1.165, 1.54) is 63.5 Å². The Labute approximate surface area is 153 Å². The normalized spacial score (nSPS) is 52.3. The first-order chi connectivity index (χ1) is 12.0. The highest BCUT2D eigenvalue weighted by molar-refractivity contribution is 5.18. The largest absolute Gasteiger partial charge is 0.365 e. The predicted molar refractivity (Wildman–Crippen MR) is 100 cm³/mol. The van der Waals surface area contributed by atoms with Crippen LogP contribution in [-0.2, 0) is 0 Å². The Hall–Kier alpha value is -0.790. The van der Waals surface area contributed by atoms with E-state index in [-0.39, 0.29) is 0 Å². The van der Waals surface area contributed by atoms with E-state index < -0.39 is 0 Å². The summed E-state index contributed by atoms with van der Waals surface area (Å²) in [6.07, 6.45) is 14.9. The van der Waals surface area contributed by atoms with E-state index in [0.717, 1.165) is 29.6 Å². The average molecular weight is 342 g/mol. The maximum atomic E-state index is 5.21. The molecular weight excluding hydrogens is 306 g/mol. The Balaban J connectivity index is 1.44. The summed E-state index contributed by atoms with van der Waals surface area (Å²) in [4.78, 5) is 0. The standard InChI is InChI=1S/C23H35NO/c1-15-8-11-22(2)16(14-15)4-5-17-18-6-7-20(21-10-13-25-24-21)23(18,3)12-9-19(17)22/h10,13,15-20H,4-9,11-12,14H2,1-3H3. The SMILES string of the molecule is CC1CCC2(C)C(CCC3C2CCC2(C)C(c4ccon4)CCC32)C1. The molecule has 0 amide bonds. The van der Waals surface area contributed by atoms with Crippen LogP contribution in [0.3, 0.4) is 0 Å². The molecule has 0 bridgehead atoms. The summed E-state index contributed by atoms with van der Waals surface area (Å²) >= 11 is 0. The smallest absolute Gasteiger partial charge is 0.124 e. The number of hydrogen-bond donors (Lipinski definition) is 0. The van der Waals surface area contributed by atoms with Gasteiger partial charge >= 0.3 is 0 Å². The summed E-state index contributed by atoms with van der Waals surface area (Å²) < 4.78 is 5.21. The average Bonchev–Trinajstić information content (AvgIpc) is 3.22. The first-order valence-electron chi connectivity index (χ1n) is 10.9. The van der Waals surface area contributed by atoms with Gasteiger partial charge in [0, 0.05) is 12.0 Å². The lowest BCUT2D eigenvalue weighted by atomic mass is 9.44. The van der Waals surface area contributed by atoms with Gasteiger partial charge in [-0.2, -0.15) is 0 Å². The van der Waals surface area contributed by atoms with Gasteiger partial charge in [-0.25, -0.2) is 0 Å². The molecule has 1 aromatic rings. The lowest BCUT2D eigenvalue weighted by Gasteiger charge is -2.61. The monoisotopic (exact) mass is 341 g/mol. The van der Waals surface area contributed by atoms with Crippen molar-refractivity contribution in [1.82, 2.24) is 5.16 Å². The molecule has 0 aromatic carbocycles. The Morgan fingerprint density at radius 1 is 0.960 bits per heavy atom. The van der Waals surface area contributed by atoms with Gasteiger partial charge in [0.25, 0.3) is 0 Å². The minimum absolute atomic E-state index is 0.462. The number of aromatic nitrogens is 1. The molecule has 2 nitrogen and oxygen atoms in total. The van der Waals surface area contributed by atoms with Gasteiger partial charge in [0.1, 0.15) is 6.26 Å². The highest BCUT2D eigenvalue weighted by Crippen LogP contribution is 2.69. The highest BCUT2D eigenvalue weighted by Gasteiger charge is 2.60. The van der Waals surface area contributed by atoms with E-state index in [0.29, 0.717) is 16.7 Å². The molecule has 4 fully saturated rings. The van der Waals surface area contributed by atoms with Gasteiger partial charge in [0.05, 0.1) is 5.69 Å². The predicted octanol–water partition coefficient (Wildman–Crippen LogP) is 6.44. The van der Waals surface area contributed by atoms with Crippen molar-refractivity contribution in [3.63, 3.8) is 0 Å². The Bertz CT molecular complexity index is 624. The molecule has 0 spiro atoms. The fraction of sp³-hybridized carbons (Fsp3) is 0.870. The molecule has 0 N–H and O–H groups in total. The van der Waals surface area contributed by atoms with Crippen LogP contribution in [0.4, 0.5) is 0 Å². The minimum Gasteiger partial charge on any atom is -0.365 e. The fourth-order valence-corrected chi connectivity index (χ4v) is 8.36. The van der Waals surface area contributed by atoms with Crippen molar-refractivity contribution in [3.05, 3.63) is 18.0 Å². The minimum atomic E-state index is 0.462. The quantitative estimate of drug-likeness (QED) is 0.587. The number of nitrogens with zero attached hydrogens (tertiary/aromatic N) is 1. The lowest BCUT2D eigenvalue weighted by Crippen LogP contribution is -2.53. The Kier molecular flexibility index (Phi) is 3.67. The van der Waals surface area contributed by atoms with Crippen molar-refractivity contribution in [2.24, 2.45) is 40.4 Å². The van der Waals surface area contributed by atoms with Gasteiger partial charge in [0.2, 0.25) is 0 Å². The molecule has 2 heteroatoms. The van der Waals surface area contributed by atoms with Gasteiger partial charge in [-0.1, -0.05) is 32.3 Å². The fourth-order valence-electron chi connectivity index (χ4n) is 8.36. The Morgan fingerprint density at radius 3 is 2.56 bits per heavy atom. The highest BCUT2D eigenvalue weighted by atomic mass is 16.5. The molecule has 1 aromatic heterocycles. The van der Waals surface area contributed by atoms with Crippen molar-refractivity contribution in [2.45, 2.75) is 84.5 Å². The maximum Gasteiger partial charge on any atom is 0.124 e. The molecule has 0 aliphatic heterocycles. The van der Waals surface area contributed by atoms with Crippen molar-refractivity contribution in [2.75, 3.05) is 0 Å². The second kappa shape index (κ2) is 5.60. The molecule has 4 saturated carbocycles. The van der Waals surface area contributed by atoms with Crippen LogP contribution in [0.5, 0.6) is 0 Å². The van der Waals surface area contributed by atoms with E-state index in [2.05, 4.69) is 32.0 Å². The molecule has 0 saturated heterocycles. The zero-order valence-electron chi connectivity index (χ0n) is 16.3. The molecule has 8 unspecified atom stereocenters. The summed E-state index contributed by atoms with van der Waals surface area (Å²) in [6, 6.07) is 2.13. The van der Waals surface area contributed by atoms with Crippen LogP contribution in [0, 0.1) is 40.4 Å². The number of rotatable bonds is 1. The number of fused-ring (bicyclic) bond motifs is 5. The lowest BCUT2D eigenvalue weighted by molar-refractivity contribution is -0.112. The van der Waals surface area contributed by atoms with Gasteiger partial charge in [-0.3, -0.25) is 0 Å². The van der Waals surface area contributed by atoms with Crippen molar-refractivity contribution < 1.29 is 4.52 Å². The van der Waals surface area contributed by atoms with E-state index in [1.54, 1.807) is 6.26 Å². The van der Waals surface area contributed by atoms with Crippen LogP contribution in [0.25, 0.3) is 0 Å². The molecule has 8 atom stereocenters. The number of hydrogen-bond acceptors (Lipinski definition) is 2. The van der Waals surface area contributed by atoms with E-state index in [1.807, 2.05) is 0 Å². The van der Waals surface area contributed by atoms with Crippen molar-refractivity contribution in [3.8, 4) is 0 Å². The molecule has 4 aliphatic carbocycles. The molecule has 5 rings (SSSR count). The van der Waals surface area contributed by atoms with E-state index in [9.17, 15) is 0 Å². The Morgan fingerprint density at radius 2 is 1.76 bits per heavy atom. The molecule has 4 aliphatic rings. The summed E-state index contributed by atoms with van der Waals surface area (Å²) in [7, 11) is 0. The van der Waals surface area contributed by atoms with Crippen LogP contribution >= 0.6 is 0 Å². The van der Waals surface area contributed by atoms with Gasteiger partial charge in [-0.15, -0.1) is 0 Å². The zero-order chi connectivity index (χ0) is 17.2. The first kappa shape index (κ1) is 16.4. The molecule has 25 heavy (non-hydrogen) atoms. The van der Waals surface area contributed by atoms with Crippen LogP contribution < -0.4 is 0 Å². The molecule has 0 radical (unpaired) electrons. The van der Waals surface area contributed by atoms with Crippen molar-refractivity contribution >= 4 is 0 Å². The van der Waals surface area contributed by atoms with Gasteiger partial charge in [-0.05, 0) is 91.8 Å². The van der Waals surface area contributed by atoms with Gasteiger partial charge in [0.15, 0.2) is 0 Å². The molecular formula is C23H35NO. The maximum absolute atomic E-state index is 5.21. The van der Waals surface area contributed by atoms with E-state index in [4.69, 9.17) is 4.52 Å². The third kappa shape index (κ3) is 2.24. The second-order valence-corrected chi connectivity index (χ2v) is 10.6. The summed E-state index contributed by atoms with van der Waals surface area (Å²) in [5, 5.41) is 4.35. The van der Waals surface area contributed by atoms with Gasteiger partial charge < -0.3 is 4.52 Å². The van der Waals surface area contributed by atoms with E-state index >= 15 is 0 Å². The first-order valence-corrected chi connectivity index (χ1v) is 10.9. The molecule has 138 valence electrons. The summed E-state index contributed by atoms with van der Waals surface area (Å²) in [5.74, 6) is 5.50. The van der Waals surface area contributed by atoms with Crippen LogP contribution in [-0.4, -0.2) is 5.16 Å². The van der Waals surface area contributed by atoms with Crippen LogP contribution in [0.1, 0.15) is 90.2 Å². The topological polar surface area (TPSA) is 26.0 Å². The van der Waals surface area contributed by atoms with Crippen molar-refractivity contribution in [1.29, 1.82) is 0 Å². The second-order valence-electron chi connectivity index (χ2n) is 10.6.